The summed E-state index contributed by atoms with van der Waals surface area (Å²) in [6.45, 7) is 7.28. The minimum absolute atomic E-state index is 0.0617. The molecule has 0 spiro atoms. The Balaban J connectivity index is 1.42. The van der Waals surface area contributed by atoms with Crippen LogP contribution in [0.2, 0.25) is 10.0 Å². The molecule has 1 aliphatic rings. The minimum atomic E-state index is -0.0617. The van der Waals surface area contributed by atoms with Crippen molar-refractivity contribution in [1.29, 1.82) is 0 Å². The van der Waals surface area contributed by atoms with Gasteiger partial charge in [-0.2, -0.15) is 0 Å². The minimum Gasteiger partial charge on any atom is -0.493 e. The maximum Gasteiger partial charge on any atom is 0.265 e. The van der Waals surface area contributed by atoms with Gasteiger partial charge in [-0.3, -0.25) is 14.3 Å². The maximum absolute atomic E-state index is 13.0. The number of benzene rings is 2. The number of ether oxygens (including phenoxy) is 1. The second-order valence-corrected chi connectivity index (χ2v) is 8.01. The summed E-state index contributed by atoms with van der Waals surface area (Å²) in [6, 6.07) is 11.2. The molecule has 158 valence electrons. The Morgan fingerprint density at radius 3 is 2.57 bits per heavy atom. The summed E-state index contributed by atoms with van der Waals surface area (Å²) in [6.07, 6.45) is 1.63. The summed E-state index contributed by atoms with van der Waals surface area (Å²) in [5, 5.41) is 1.72. The Morgan fingerprint density at radius 2 is 1.80 bits per heavy atom. The number of hydrogen-bond acceptors (Lipinski definition) is 5. The van der Waals surface area contributed by atoms with Gasteiger partial charge in [0.15, 0.2) is 0 Å². The SMILES string of the molecule is CCOc1cccc2ncn(CCN3CCN(c4cccc(Cl)c4Cl)CC3)c(=O)c12. The van der Waals surface area contributed by atoms with Gasteiger partial charge in [0, 0.05) is 39.3 Å². The standard InChI is InChI=1S/C22H24Cl2N4O2/c1-2-30-19-8-4-6-17-20(19)22(29)28(15-25-17)14-11-26-9-12-27(13-10-26)18-7-3-5-16(23)21(18)24/h3-8,15H,2,9-14H2,1H3. The number of piperazine rings is 1. The number of aromatic nitrogens is 2. The largest absolute Gasteiger partial charge is 0.493 e. The number of fused-ring (bicyclic) bond motifs is 1. The molecule has 0 saturated carbocycles. The second kappa shape index (κ2) is 9.25. The van der Waals surface area contributed by atoms with Gasteiger partial charge in [-0.1, -0.05) is 35.3 Å². The molecule has 0 atom stereocenters. The molecule has 1 aliphatic heterocycles. The van der Waals surface area contributed by atoms with Gasteiger partial charge in [0.2, 0.25) is 0 Å². The first-order valence-corrected chi connectivity index (χ1v) is 10.9. The zero-order valence-corrected chi connectivity index (χ0v) is 18.4. The van der Waals surface area contributed by atoms with Crippen LogP contribution in [0.25, 0.3) is 10.9 Å². The molecule has 0 aliphatic carbocycles. The molecule has 2 heterocycles. The first-order valence-electron chi connectivity index (χ1n) is 10.1. The predicted octanol–water partition coefficient (Wildman–Crippen LogP) is 3.92. The fourth-order valence-electron chi connectivity index (χ4n) is 3.80. The molecule has 0 N–H and O–H groups in total. The molecule has 1 saturated heterocycles. The lowest BCUT2D eigenvalue weighted by atomic mass is 10.2. The van der Waals surface area contributed by atoms with Crippen molar-refractivity contribution in [2.75, 3.05) is 44.2 Å². The number of halogens is 2. The average molecular weight is 447 g/mol. The van der Waals surface area contributed by atoms with Gasteiger partial charge in [-0.25, -0.2) is 4.98 Å². The molecule has 0 bridgehead atoms. The van der Waals surface area contributed by atoms with E-state index in [1.54, 1.807) is 17.0 Å². The van der Waals surface area contributed by atoms with Gasteiger partial charge < -0.3 is 9.64 Å². The molecule has 0 radical (unpaired) electrons. The smallest absolute Gasteiger partial charge is 0.265 e. The van der Waals surface area contributed by atoms with Crippen molar-refractivity contribution in [1.82, 2.24) is 14.5 Å². The van der Waals surface area contributed by atoms with E-state index in [0.29, 0.717) is 39.8 Å². The molecule has 2 aromatic carbocycles. The molecule has 30 heavy (non-hydrogen) atoms. The van der Waals surface area contributed by atoms with Crippen LogP contribution in [0.5, 0.6) is 5.75 Å². The molecule has 6 nitrogen and oxygen atoms in total. The Morgan fingerprint density at radius 1 is 1.03 bits per heavy atom. The first-order chi connectivity index (χ1) is 14.6. The van der Waals surface area contributed by atoms with Crippen LogP contribution >= 0.6 is 23.2 Å². The van der Waals surface area contributed by atoms with E-state index in [2.05, 4.69) is 14.8 Å². The first kappa shape index (κ1) is 21.0. The van der Waals surface area contributed by atoms with Crippen molar-refractivity contribution in [3.8, 4) is 5.75 Å². The molecule has 4 rings (SSSR count). The number of rotatable bonds is 6. The zero-order valence-electron chi connectivity index (χ0n) is 16.9. The van der Waals surface area contributed by atoms with Crippen LogP contribution in [0.15, 0.2) is 47.5 Å². The van der Waals surface area contributed by atoms with E-state index in [1.807, 2.05) is 37.3 Å². The summed E-state index contributed by atoms with van der Waals surface area (Å²) in [4.78, 5) is 22.0. The summed E-state index contributed by atoms with van der Waals surface area (Å²) < 4.78 is 7.30. The molecular formula is C22H24Cl2N4O2. The molecule has 1 fully saturated rings. The van der Waals surface area contributed by atoms with E-state index in [4.69, 9.17) is 27.9 Å². The molecule has 8 heteroatoms. The van der Waals surface area contributed by atoms with Crippen LogP contribution < -0.4 is 15.2 Å². The van der Waals surface area contributed by atoms with Crippen molar-refractivity contribution in [2.24, 2.45) is 0 Å². The van der Waals surface area contributed by atoms with Crippen LogP contribution in [0.1, 0.15) is 6.92 Å². The average Bonchev–Trinajstić information content (AvgIpc) is 2.76. The zero-order chi connectivity index (χ0) is 21.1. The highest BCUT2D eigenvalue weighted by atomic mass is 35.5. The van der Waals surface area contributed by atoms with Crippen molar-refractivity contribution < 1.29 is 4.74 Å². The van der Waals surface area contributed by atoms with Crippen LogP contribution in [-0.4, -0.2) is 53.8 Å². The van der Waals surface area contributed by atoms with E-state index in [-0.39, 0.29) is 5.56 Å². The Kier molecular flexibility index (Phi) is 6.46. The lowest BCUT2D eigenvalue weighted by molar-refractivity contribution is 0.247. The number of anilines is 1. The monoisotopic (exact) mass is 446 g/mol. The summed E-state index contributed by atoms with van der Waals surface area (Å²) in [7, 11) is 0. The number of hydrogen-bond donors (Lipinski definition) is 0. The Bertz CT molecular complexity index is 1090. The van der Waals surface area contributed by atoms with Gasteiger partial charge in [-0.15, -0.1) is 0 Å². The summed E-state index contributed by atoms with van der Waals surface area (Å²) >= 11 is 12.5. The van der Waals surface area contributed by atoms with Gasteiger partial charge >= 0.3 is 0 Å². The normalized spacial score (nSPS) is 15.0. The van der Waals surface area contributed by atoms with Crippen LogP contribution in [0, 0.1) is 0 Å². The van der Waals surface area contributed by atoms with Crippen molar-refractivity contribution in [3.05, 3.63) is 63.1 Å². The third-order valence-corrected chi connectivity index (χ3v) is 6.23. The topological polar surface area (TPSA) is 50.6 Å². The molecule has 3 aromatic rings. The third-order valence-electron chi connectivity index (χ3n) is 5.42. The lowest BCUT2D eigenvalue weighted by Crippen LogP contribution is -2.47. The van der Waals surface area contributed by atoms with E-state index in [0.717, 1.165) is 38.4 Å². The Labute approximate surface area is 185 Å². The fourth-order valence-corrected chi connectivity index (χ4v) is 4.22. The predicted molar refractivity (Wildman–Crippen MR) is 122 cm³/mol. The van der Waals surface area contributed by atoms with Gasteiger partial charge in [-0.05, 0) is 31.2 Å². The van der Waals surface area contributed by atoms with Crippen molar-refractivity contribution in [3.63, 3.8) is 0 Å². The lowest BCUT2D eigenvalue weighted by Gasteiger charge is -2.36. The fraction of sp³-hybridized carbons (Fsp3) is 0.364. The van der Waals surface area contributed by atoms with Crippen LogP contribution in [0.3, 0.4) is 0 Å². The number of nitrogens with zero attached hydrogens (tertiary/aromatic N) is 4. The summed E-state index contributed by atoms with van der Waals surface area (Å²) in [5.41, 5.74) is 1.57. The highest BCUT2D eigenvalue weighted by Gasteiger charge is 2.20. The molecular weight excluding hydrogens is 423 g/mol. The van der Waals surface area contributed by atoms with E-state index in [1.165, 1.54) is 0 Å². The quantitative estimate of drug-likeness (QED) is 0.574. The van der Waals surface area contributed by atoms with Gasteiger partial charge in [0.25, 0.3) is 5.56 Å². The van der Waals surface area contributed by atoms with Gasteiger partial charge in [0.1, 0.15) is 11.1 Å². The van der Waals surface area contributed by atoms with E-state index in [9.17, 15) is 4.79 Å². The highest BCUT2D eigenvalue weighted by molar-refractivity contribution is 6.43. The third kappa shape index (κ3) is 4.26. The van der Waals surface area contributed by atoms with Crippen LogP contribution in [0.4, 0.5) is 5.69 Å². The Hall–Kier alpha value is -2.28. The second-order valence-electron chi connectivity index (χ2n) is 7.23. The van der Waals surface area contributed by atoms with E-state index >= 15 is 0 Å². The maximum atomic E-state index is 13.0. The van der Waals surface area contributed by atoms with Gasteiger partial charge in [0.05, 0.1) is 34.2 Å². The van der Waals surface area contributed by atoms with Crippen LogP contribution in [-0.2, 0) is 6.54 Å². The molecule has 0 unspecified atom stereocenters. The summed E-state index contributed by atoms with van der Waals surface area (Å²) in [5.74, 6) is 0.592. The highest BCUT2D eigenvalue weighted by Crippen LogP contribution is 2.32. The van der Waals surface area contributed by atoms with Crippen molar-refractivity contribution in [2.45, 2.75) is 13.5 Å². The van der Waals surface area contributed by atoms with Crippen molar-refractivity contribution >= 4 is 39.8 Å². The van der Waals surface area contributed by atoms with E-state index < -0.39 is 0 Å². The molecule has 1 aromatic heterocycles. The molecule has 0 amide bonds.